The van der Waals surface area contributed by atoms with E-state index in [0.29, 0.717) is 6.54 Å². The minimum atomic E-state index is -0.278. The van der Waals surface area contributed by atoms with Gasteiger partial charge in [-0.1, -0.05) is 20.8 Å². The molecular formula is C12H22N2OS. The van der Waals surface area contributed by atoms with Gasteiger partial charge in [-0.2, -0.15) is 0 Å². The van der Waals surface area contributed by atoms with Crippen LogP contribution < -0.4 is 5.32 Å². The molecule has 0 aromatic carbocycles. The van der Waals surface area contributed by atoms with Crippen LogP contribution >= 0.6 is 11.3 Å². The lowest BCUT2D eigenvalue weighted by atomic mass is 9.89. The van der Waals surface area contributed by atoms with Crippen LogP contribution in [0.1, 0.15) is 37.9 Å². The van der Waals surface area contributed by atoms with E-state index in [9.17, 15) is 5.11 Å². The smallest absolute Gasteiger partial charge is 0.0897 e. The van der Waals surface area contributed by atoms with Crippen molar-refractivity contribution in [2.75, 3.05) is 6.54 Å². The van der Waals surface area contributed by atoms with Crippen molar-refractivity contribution in [1.82, 2.24) is 10.3 Å². The first-order valence-electron chi connectivity index (χ1n) is 5.66. The Balaban J connectivity index is 2.20. The average molecular weight is 242 g/mol. The summed E-state index contributed by atoms with van der Waals surface area (Å²) in [6.45, 7) is 9.79. The first-order valence-corrected chi connectivity index (χ1v) is 6.54. The van der Waals surface area contributed by atoms with Crippen molar-refractivity contribution in [3.63, 3.8) is 0 Å². The highest BCUT2D eigenvalue weighted by molar-refractivity contribution is 7.09. The summed E-state index contributed by atoms with van der Waals surface area (Å²) in [6.07, 6.45) is 0.538. The van der Waals surface area contributed by atoms with E-state index in [4.69, 9.17) is 0 Å². The van der Waals surface area contributed by atoms with Crippen LogP contribution in [0, 0.1) is 12.3 Å². The molecule has 1 aromatic rings. The molecule has 0 amide bonds. The lowest BCUT2D eigenvalue weighted by Crippen LogP contribution is -2.29. The molecule has 1 rings (SSSR count). The van der Waals surface area contributed by atoms with E-state index in [-0.39, 0.29) is 11.5 Å². The fourth-order valence-corrected chi connectivity index (χ4v) is 2.25. The minimum Gasteiger partial charge on any atom is -0.392 e. The number of aliphatic hydroxyl groups is 1. The molecule has 0 fully saturated rings. The Morgan fingerprint density at radius 2 is 2.19 bits per heavy atom. The Morgan fingerprint density at radius 3 is 2.69 bits per heavy atom. The highest BCUT2D eigenvalue weighted by Gasteiger charge is 2.16. The lowest BCUT2D eigenvalue weighted by Gasteiger charge is -2.22. The fraction of sp³-hybridized carbons (Fsp3) is 0.750. The highest BCUT2D eigenvalue weighted by Crippen LogP contribution is 2.20. The third-order valence-electron chi connectivity index (χ3n) is 2.20. The van der Waals surface area contributed by atoms with E-state index in [1.807, 2.05) is 6.92 Å². The highest BCUT2D eigenvalue weighted by atomic mass is 32.1. The predicted molar refractivity (Wildman–Crippen MR) is 68.6 cm³/mol. The number of hydrogen-bond acceptors (Lipinski definition) is 4. The average Bonchev–Trinajstić information content (AvgIpc) is 2.48. The van der Waals surface area contributed by atoms with Crippen LogP contribution in [-0.4, -0.2) is 22.7 Å². The molecule has 16 heavy (non-hydrogen) atoms. The Morgan fingerprint density at radius 1 is 1.50 bits per heavy atom. The Bertz CT molecular complexity index is 317. The van der Waals surface area contributed by atoms with Gasteiger partial charge in [-0.3, -0.25) is 0 Å². The van der Waals surface area contributed by atoms with Crippen LogP contribution in [0.3, 0.4) is 0 Å². The number of hydrogen-bond donors (Lipinski definition) is 2. The van der Waals surface area contributed by atoms with Gasteiger partial charge < -0.3 is 10.4 Å². The monoisotopic (exact) mass is 242 g/mol. The van der Waals surface area contributed by atoms with E-state index in [0.717, 1.165) is 23.7 Å². The lowest BCUT2D eigenvalue weighted by molar-refractivity contribution is 0.119. The molecule has 0 radical (unpaired) electrons. The molecule has 1 aromatic heterocycles. The Labute approximate surface area is 102 Å². The van der Waals surface area contributed by atoms with Crippen LogP contribution in [0.5, 0.6) is 0 Å². The summed E-state index contributed by atoms with van der Waals surface area (Å²) in [5.74, 6) is 0. The summed E-state index contributed by atoms with van der Waals surface area (Å²) in [5, 5.41) is 16.2. The zero-order valence-electron chi connectivity index (χ0n) is 10.6. The molecule has 0 aliphatic carbocycles. The SMILES string of the molecule is Cc1nc(CNCC(O)CC(C)(C)C)cs1. The number of nitrogens with zero attached hydrogens (tertiary/aromatic N) is 1. The topological polar surface area (TPSA) is 45.2 Å². The molecule has 0 aliphatic rings. The maximum absolute atomic E-state index is 9.79. The van der Waals surface area contributed by atoms with E-state index < -0.39 is 0 Å². The molecule has 1 atom stereocenters. The summed E-state index contributed by atoms with van der Waals surface area (Å²) in [4.78, 5) is 4.36. The maximum Gasteiger partial charge on any atom is 0.0897 e. The van der Waals surface area contributed by atoms with Gasteiger partial charge in [-0.05, 0) is 18.8 Å². The van der Waals surface area contributed by atoms with Crippen molar-refractivity contribution < 1.29 is 5.11 Å². The van der Waals surface area contributed by atoms with Gasteiger partial charge in [-0.25, -0.2) is 4.98 Å². The number of rotatable bonds is 5. The second kappa shape index (κ2) is 5.75. The number of thiazole rings is 1. The molecule has 1 unspecified atom stereocenters. The van der Waals surface area contributed by atoms with Gasteiger partial charge in [0.2, 0.25) is 0 Å². The largest absolute Gasteiger partial charge is 0.392 e. The van der Waals surface area contributed by atoms with Gasteiger partial charge in [0.25, 0.3) is 0 Å². The van der Waals surface area contributed by atoms with Gasteiger partial charge in [0, 0.05) is 18.5 Å². The summed E-state index contributed by atoms with van der Waals surface area (Å²) in [5.41, 5.74) is 1.24. The standard InChI is InChI=1S/C12H22N2OS/c1-9-14-10(8-16-9)6-13-7-11(15)5-12(2,3)4/h8,11,13,15H,5-7H2,1-4H3. The summed E-state index contributed by atoms with van der Waals surface area (Å²) >= 11 is 1.66. The number of nitrogens with one attached hydrogen (secondary N) is 1. The first-order chi connectivity index (χ1) is 7.37. The van der Waals surface area contributed by atoms with Crippen LogP contribution in [-0.2, 0) is 6.54 Å². The zero-order valence-corrected chi connectivity index (χ0v) is 11.4. The molecule has 92 valence electrons. The van der Waals surface area contributed by atoms with Gasteiger partial charge in [0.05, 0.1) is 16.8 Å². The second-order valence-electron chi connectivity index (χ2n) is 5.41. The van der Waals surface area contributed by atoms with Crippen molar-refractivity contribution in [3.8, 4) is 0 Å². The quantitative estimate of drug-likeness (QED) is 0.833. The molecule has 4 heteroatoms. The number of aryl methyl sites for hydroxylation is 1. The van der Waals surface area contributed by atoms with Crippen LogP contribution in [0.15, 0.2) is 5.38 Å². The number of aromatic nitrogens is 1. The molecule has 1 heterocycles. The first kappa shape index (κ1) is 13.6. The van der Waals surface area contributed by atoms with E-state index in [1.54, 1.807) is 11.3 Å². The molecule has 0 saturated carbocycles. The van der Waals surface area contributed by atoms with Crippen LogP contribution in [0.25, 0.3) is 0 Å². The third-order valence-corrected chi connectivity index (χ3v) is 3.02. The normalized spacial score (nSPS) is 14.1. The van der Waals surface area contributed by atoms with Gasteiger partial charge in [-0.15, -0.1) is 11.3 Å². The summed E-state index contributed by atoms with van der Waals surface area (Å²) < 4.78 is 0. The Hall–Kier alpha value is -0.450. The Kier molecular flexibility index (Phi) is 4.89. The van der Waals surface area contributed by atoms with Crippen molar-refractivity contribution >= 4 is 11.3 Å². The van der Waals surface area contributed by atoms with Crippen molar-refractivity contribution in [2.24, 2.45) is 5.41 Å². The van der Waals surface area contributed by atoms with E-state index in [1.165, 1.54) is 0 Å². The summed E-state index contributed by atoms with van der Waals surface area (Å²) in [6, 6.07) is 0. The minimum absolute atomic E-state index is 0.179. The van der Waals surface area contributed by atoms with Gasteiger partial charge >= 0.3 is 0 Å². The molecule has 0 bridgehead atoms. The second-order valence-corrected chi connectivity index (χ2v) is 6.47. The van der Waals surface area contributed by atoms with Crippen LogP contribution in [0.2, 0.25) is 0 Å². The number of aliphatic hydroxyl groups excluding tert-OH is 1. The zero-order chi connectivity index (χ0) is 12.2. The molecule has 2 N–H and O–H groups in total. The van der Waals surface area contributed by atoms with Crippen molar-refractivity contribution in [1.29, 1.82) is 0 Å². The maximum atomic E-state index is 9.79. The third kappa shape index (κ3) is 5.58. The molecule has 0 aliphatic heterocycles. The molecule has 0 saturated heterocycles. The molecule has 3 nitrogen and oxygen atoms in total. The van der Waals surface area contributed by atoms with Crippen molar-refractivity contribution in [2.45, 2.75) is 46.8 Å². The van der Waals surface area contributed by atoms with Crippen molar-refractivity contribution in [3.05, 3.63) is 16.1 Å². The van der Waals surface area contributed by atoms with Gasteiger partial charge in [0.1, 0.15) is 0 Å². The predicted octanol–water partition coefficient (Wildman–Crippen LogP) is 2.34. The summed E-state index contributed by atoms with van der Waals surface area (Å²) in [7, 11) is 0. The van der Waals surface area contributed by atoms with E-state index >= 15 is 0 Å². The van der Waals surface area contributed by atoms with Crippen LogP contribution in [0.4, 0.5) is 0 Å². The van der Waals surface area contributed by atoms with Gasteiger partial charge in [0.15, 0.2) is 0 Å². The van der Waals surface area contributed by atoms with E-state index in [2.05, 4.69) is 36.5 Å². The molecular weight excluding hydrogens is 220 g/mol. The molecule has 0 spiro atoms. The fourth-order valence-electron chi connectivity index (χ4n) is 1.64.